The van der Waals surface area contributed by atoms with Crippen LogP contribution >= 0.6 is 0 Å². The molecule has 104 valence electrons. The largest absolute Gasteiger partial charge is 0.492 e. The van der Waals surface area contributed by atoms with Crippen molar-refractivity contribution < 1.29 is 9.53 Å². The number of para-hydroxylation sites is 2. The van der Waals surface area contributed by atoms with Gasteiger partial charge in [-0.3, -0.25) is 9.89 Å². The molecule has 0 bridgehead atoms. The number of H-pyrrole nitrogens is 1. The molecule has 20 heavy (non-hydrogen) atoms. The zero-order valence-electron chi connectivity index (χ0n) is 11.3. The van der Waals surface area contributed by atoms with Gasteiger partial charge < -0.3 is 10.1 Å². The average Bonchev–Trinajstić information content (AvgIpc) is 3.19. The Hall–Kier alpha value is -2.30. The van der Waals surface area contributed by atoms with Crippen molar-refractivity contribution in [2.24, 2.45) is 0 Å². The number of amides is 1. The third-order valence-corrected chi connectivity index (χ3v) is 3.28. The highest BCUT2D eigenvalue weighted by Crippen LogP contribution is 2.39. The Bertz CT molecular complexity index is 617. The van der Waals surface area contributed by atoms with Gasteiger partial charge in [0, 0.05) is 11.6 Å². The van der Waals surface area contributed by atoms with Crippen LogP contribution in [0, 0.1) is 0 Å². The van der Waals surface area contributed by atoms with Gasteiger partial charge >= 0.3 is 0 Å². The van der Waals surface area contributed by atoms with Crippen LogP contribution in [-0.4, -0.2) is 22.7 Å². The van der Waals surface area contributed by atoms with Crippen LogP contribution in [0.1, 0.15) is 41.9 Å². The van der Waals surface area contributed by atoms with Crippen molar-refractivity contribution in [1.29, 1.82) is 0 Å². The number of anilines is 1. The van der Waals surface area contributed by atoms with E-state index in [0.29, 0.717) is 29.7 Å². The number of aromatic amines is 1. The molecule has 0 unspecified atom stereocenters. The Kier molecular flexibility index (Phi) is 3.41. The molecule has 1 aliphatic carbocycles. The lowest BCUT2D eigenvalue weighted by Gasteiger charge is -2.10. The van der Waals surface area contributed by atoms with Crippen LogP contribution in [-0.2, 0) is 0 Å². The van der Waals surface area contributed by atoms with Crippen molar-refractivity contribution >= 4 is 11.6 Å². The molecular weight excluding hydrogens is 254 g/mol. The number of nitrogens with one attached hydrogen (secondary N) is 2. The molecule has 3 rings (SSSR count). The lowest BCUT2D eigenvalue weighted by atomic mass is 10.2. The summed E-state index contributed by atoms with van der Waals surface area (Å²) in [6.45, 7) is 2.47. The van der Waals surface area contributed by atoms with E-state index in [0.717, 1.165) is 5.69 Å². The molecule has 1 aromatic heterocycles. The maximum absolute atomic E-state index is 12.2. The number of benzene rings is 1. The Balaban J connectivity index is 1.74. The normalized spacial score (nSPS) is 14.1. The van der Waals surface area contributed by atoms with Gasteiger partial charge in [0.25, 0.3) is 5.91 Å². The minimum Gasteiger partial charge on any atom is -0.492 e. The van der Waals surface area contributed by atoms with E-state index in [1.54, 1.807) is 0 Å². The van der Waals surface area contributed by atoms with E-state index in [4.69, 9.17) is 4.74 Å². The maximum atomic E-state index is 12.2. The van der Waals surface area contributed by atoms with Crippen LogP contribution in [0.5, 0.6) is 5.75 Å². The summed E-state index contributed by atoms with van der Waals surface area (Å²) >= 11 is 0. The third kappa shape index (κ3) is 2.66. The number of ether oxygens (including phenoxy) is 1. The molecule has 5 nitrogen and oxygen atoms in total. The first-order valence-corrected chi connectivity index (χ1v) is 6.86. The Labute approximate surface area is 117 Å². The van der Waals surface area contributed by atoms with Gasteiger partial charge in [-0.15, -0.1) is 0 Å². The predicted octanol–water partition coefficient (Wildman–Crippen LogP) is 2.94. The standard InChI is InChI=1S/C15H17N3O2/c1-2-20-14-6-4-3-5-11(14)16-15(19)13-9-12(17-18-13)10-7-8-10/h3-6,9-10H,2,7-8H2,1H3,(H,16,19)(H,17,18). The van der Waals surface area contributed by atoms with Crippen molar-refractivity contribution in [1.82, 2.24) is 10.2 Å². The molecule has 1 heterocycles. The number of hydrogen-bond donors (Lipinski definition) is 2. The van der Waals surface area contributed by atoms with Gasteiger partial charge in [-0.25, -0.2) is 0 Å². The van der Waals surface area contributed by atoms with Crippen LogP contribution in [0.3, 0.4) is 0 Å². The predicted molar refractivity (Wildman–Crippen MR) is 76.1 cm³/mol. The van der Waals surface area contributed by atoms with E-state index in [1.807, 2.05) is 37.3 Å². The zero-order valence-corrected chi connectivity index (χ0v) is 11.3. The minimum atomic E-state index is -0.222. The zero-order chi connectivity index (χ0) is 13.9. The van der Waals surface area contributed by atoms with Gasteiger partial charge in [-0.1, -0.05) is 12.1 Å². The van der Waals surface area contributed by atoms with E-state index in [2.05, 4.69) is 15.5 Å². The first-order chi connectivity index (χ1) is 9.78. The number of rotatable bonds is 5. The van der Waals surface area contributed by atoms with Crippen molar-refractivity contribution in [2.75, 3.05) is 11.9 Å². The highest BCUT2D eigenvalue weighted by molar-refractivity contribution is 6.03. The molecule has 1 amide bonds. The molecule has 1 saturated carbocycles. The van der Waals surface area contributed by atoms with E-state index in [-0.39, 0.29) is 5.91 Å². The van der Waals surface area contributed by atoms with Gasteiger partial charge in [-0.2, -0.15) is 5.10 Å². The van der Waals surface area contributed by atoms with Gasteiger partial charge in [-0.05, 0) is 38.0 Å². The smallest absolute Gasteiger partial charge is 0.276 e. The Morgan fingerprint density at radius 2 is 2.25 bits per heavy atom. The Morgan fingerprint density at radius 1 is 1.45 bits per heavy atom. The highest BCUT2D eigenvalue weighted by atomic mass is 16.5. The summed E-state index contributed by atoms with van der Waals surface area (Å²) in [6, 6.07) is 9.21. The summed E-state index contributed by atoms with van der Waals surface area (Å²) in [4.78, 5) is 12.2. The van der Waals surface area contributed by atoms with Crippen LogP contribution in [0.25, 0.3) is 0 Å². The first kappa shape index (κ1) is 12.7. The fraction of sp³-hybridized carbons (Fsp3) is 0.333. The van der Waals surface area contributed by atoms with Gasteiger partial charge in [0.1, 0.15) is 5.75 Å². The van der Waals surface area contributed by atoms with E-state index < -0.39 is 0 Å². The Morgan fingerprint density at radius 3 is 3.00 bits per heavy atom. The maximum Gasteiger partial charge on any atom is 0.276 e. The number of carbonyl (C=O) groups excluding carboxylic acids is 1. The molecule has 2 aromatic rings. The lowest BCUT2D eigenvalue weighted by Crippen LogP contribution is -2.13. The van der Waals surface area contributed by atoms with E-state index in [9.17, 15) is 4.79 Å². The summed E-state index contributed by atoms with van der Waals surface area (Å²) in [7, 11) is 0. The monoisotopic (exact) mass is 271 g/mol. The fourth-order valence-electron chi connectivity index (χ4n) is 2.09. The quantitative estimate of drug-likeness (QED) is 0.878. The lowest BCUT2D eigenvalue weighted by molar-refractivity contribution is 0.102. The van der Waals surface area contributed by atoms with E-state index >= 15 is 0 Å². The number of carbonyl (C=O) groups is 1. The molecule has 0 aliphatic heterocycles. The second-order valence-corrected chi connectivity index (χ2v) is 4.87. The number of aromatic nitrogens is 2. The molecule has 0 saturated heterocycles. The molecule has 0 radical (unpaired) electrons. The van der Waals surface area contributed by atoms with Crippen molar-refractivity contribution in [2.45, 2.75) is 25.7 Å². The molecule has 2 N–H and O–H groups in total. The fourth-order valence-corrected chi connectivity index (χ4v) is 2.09. The summed E-state index contributed by atoms with van der Waals surface area (Å²) in [5, 5.41) is 9.84. The number of hydrogen-bond acceptors (Lipinski definition) is 3. The topological polar surface area (TPSA) is 67.0 Å². The second kappa shape index (κ2) is 5.36. The second-order valence-electron chi connectivity index (χ2n) is 4.87. The minimum absolute atomic E-state index is 0.222. The van der Waals surface area contributed by atoms with E-state index in [1.165, 1.54) is 12.8 Å². The van der Waals surface area contributed by atoms with Crippen LogP contribution in [0.2, 0.25) is 0 Å². The summed E-state index contributed by atoms with van der Waals surface area (Å²) in [5.41, 5.74) is 2.13. The molecule has 5 heteroatoms. The molecule has 0 atom stereocenters. The molecule has 0 spiro atoms. The van der Waals surface area contributed by atoms with Crippen molar-refractivity contribution in [3.8, 4) is 5.75 Å². The number of nitrogens with zero attached hydrogens (tertiary/aromatic N) is 1. The average molecular weight is 271 g/mol. The van der Waals surface area contributed by atoms with Crippen LogP contribution in [0.4, 0.5) is 5.69 Å². The molecule has 1 aromatic carbocycles. The molecule has 1 fully saturated rings. The first-order valence-electron chi connectivity index (χ1n) is 6.86. The molecule has 1 aliphatic rings. The highest BCUT2D eigenvalue weighted by Gasteiger charge is 2.26. The van der Waals surface area contributed by atoms with Gasteiger partial charge in [0.2, 0.25) is 0 Å². The van der Waals surface area contributed by atoms with Crippen molar-refractivity contribution in [3.63, 3.8) is 0 Å². The van der Waals surface area contributed by atoms with Crippen LogP contribution < -0.4 is 10.1 Å². The summed E-state index contributed by atoms with van der Waals surface area (Å²) < 4.78 is 5.48. The van der Waals surface area contributed by atoms with Crippen LogP contribution in [0.15, 0.2) is 30.3 Å². The summed E-state index contributed by atoms with van der Waals surface area (Å²) in [6.07, 6.45) is 2.35. The SMILES string of the molecule is CCOc1ccccc1NC(=O)c1cc(C2CC2)[nH]n1. The van der Waals surface area contributed by atoms with Gasteiger partial charge in [0.15, 0.2) is 5.69 Å². The molecular formula is C15H17N3O2. The van der Waals surface area contributed by atoms with Crippen molar-refractivity contribution in [3.05, 3.63) is 41.7 Å². The summed E-state index contributed by atoms with van der Waals surface area (Å²) in [5.74, 6) is 1.00. The third-order valence-electron chi connectivity index (χ3n) is 3.28. The van der Waals surface area contributed by atoms with Gasteiger partial charge in [0.05, 0.1) is 12.3 Å².